The van der Waals surface area contributed by atoms with Crippen LogP contribution in [0.3, 0.4) is 0 Å². The maximum Gasteiger partial charge on any atom is 0.324 e. The van der Waals surface area contributed by atoms with Gasteiger partial charge < -0.3 is 10.5 Å². The van der Waals surface area contributed by atoms with Gasteiger partial charge in [0.15, 0.2) is 0 Å². The molecule has 0 aromatic heterocycles. The lowest BCUT2D eigenvalue weighted by atomic mass is 10.1. The molecule has 0 saturated heterocycles. The van der Waals surface area contributed by atoms with Crippen molar-refractivity contribution >= 4 is 26.8 Å². The Hall–Kier alpha value is -1.96. The molecule has 2 aromatic carbocycles. The fourth-order valence-electron chi connectivity index (χ4n) is 2.58. The highest BCUT2D eigenvalue weighted by atomic mass is 32.2. The number of hydrogen-bond donors (Lipinski definition) is 1. The van der Waals surface area contributed by atoms with Crippen LogP contribution in [0.1, 0.15) is 13.8 Å². The molecule has 0 heterocycles. The van der Waals surface area contributed by atoms with Crippen LogP contribution in [0.25, 0.3) is 10.8 Å². The number of ether oxygens (including phenoxy) is 1. The zero-order valence-corrected chi connectivity index (χ0v) is 14.6. The molecule has 2 N–H and O–H groups in total. The Kier molecular flexibility index (Phi) is 5.93. The van der Waals surface area contributed by atoms with E-state index in [0.29, 0.717) is 5.39 Å². The molecule has 0 saturated carbocycles. The molecule has 130 valence electrons. The van der Waals surface area contributed by atoms with Crippen molar-refractivity contribution in [3.8, 4) is 0 Å². The summed E-state index contributed by atoms with van der Waals surface area (Å²) in [4.78, 5) is 12.2. The van der Waals surface area contributed by atoms with Crippen LogP contribution in [0.15, 0.2) is 47.4 Å². The van der Waals surface area contributed by atoms with Gasteiger partial charge in [-0.2, -0.15) is 4.31 Å². The zero-order valence-electron chi connectivity index (χ0n) is 13.8. The molecule has 7 heteroatoms. The molecule has 0 bridgehead atoms. The van der Waals surface area contributed by atoms with E-state index in [-0.39, 0.29) is 24.6 Å². The van der Waals surface area contributed by atoms with E-state index in [1.54, 1.807) is 31.2 Å². The molecule has 0 radical (unpaired) electrons. The van der Waals surface area contributed by atoms with Crippen molar-refractivity contribution < 1.29 is 17.9 Å². The van der Waals surface area contributed by atoms with E-state index in [2.05, 4.69) is 0 Å². The summed E-state index contributed by atoms with van der Waals surface area (Å²) in [5, 5.41) is 1.42. The minimum Gasteiger partial charge on any atom is -0.465 e. The number of sulfonamides is 1. The van der Waals surface area contributed by atoms with Gasteiger partial charge in [-0.3, -0.25) is 4.79 Å². The number of carbonyl (C=O) groups excluding carboxylic acids is 1. The molecular formula is C17H22N2O4S. The molecule has 0 amide bonds. The average Bonchev–Trinajstić information content (AvgIpc) is 2.58. The van der Waals surface area contributed by atoms with Gasteiger partial charge in [-0.1, -0.05) is 36.4 Å². The molecule has 0 fully saturated rings. The normalized spacial score (nSPS) is 13.2. The Morgan fingerprint density at radius 1 is 1.21 bits per heavy atom. The van der Waals surface area contributed by atoms with E-state index in [0.717, 1.165) is 9.69 Å². The molecule has 0 aliphatic carbocycles. The molecule has 0 spiro atoms. The molecule has 6 nitrogen and oxygen atoms in total. The summed E-state index contributed by atoms with van der Waals surface area (Å²) in [6, 6.07) is 11.3. The van der Waals surface area contributed by atoms with Crippen LogP contribution < -0.4 is 5.73 Å². The van der Waals surface area contributed by atoms with Crippen LogP contribution >= 0.6 is 0 Å². The molecular weight excluding hydrogens is 328 g/mol. The maximum atomic E-state index is 13.1. The largest absolute Gasteiger partial charge is 0.465 e. The van der Waals surface area contributed by atoms with Gasteiger partial charge >= 0.3 is 5.97 Å². The van der Waals surface area contributed by atoms with E-state index in [4.69, 9.17) is 10.5 Å². The molecule has 2 aromatic rings. The van der Waals surface area contributed by atoms with Crippen molar-refractivity contribution in [2.45, 2.75) is 24.8 Å². The molecule has 2 rings (SSSR count). The SMILES string of the molecule is CCOC(=O)C(C)N(CCN)S(=O)(=O)c1cccc2ccccc12. The molecule has 0 aliphatic heterocycles. The second kappa shape index (κ2) is 7.74. The zero-order chi connectivity index (χ0) is 17.7. The van der Waals surface area contributed by atoms with Crippen molar-refractivity contribution in [3.05, 3.63) is 42.5 Å². The summed E-state index contributed by atoms with van der Waals surface area (Å²) in [7, 11) is -3.90. The lowest BCUT2D eigenvalue weighted by molar-refractivity contribution is -0.147. The maximum absolute atomic E-state index is 13.1. The third-order valence-electron chi connectivity index (χ3n) is 3.75. The van der Waals surface area contributed by atoms with Gasteiger partial charge in [0, 0.05) is 18.5 Å². The van der Waals surface area contributed by atoms with Crippen molar-refractivity contribution in [2.75, 3.05) is 19.7 Å². The number of nitrogens with zero attached hydrogens (tertiary/aromatic N) is 1. The van der Waals surface area contributed by atoms with Gasteiger partial charge in [-0.15, -0.1) is 0 Å². The molecule has 24 heavy (non-hydrogen) atoms. The number of carbonyl (C=O) groups is 1. The minimum absolute atomic E-state index is 0.0333. The van der Waals surface area contributed by atoms with Crippen LogP contribution in [0.2, 0.25) is 0 Å². The van der Waals surface area contributed by atoms with Crippen LogP contribution in [-0.2, 0) is 19.6 Å². The van der Waals surface area contributed by atoms with E-state index in [1.165, 1.54) is 6.92 Å². The second-order valence-corrected chi connectivity index (χ2v) is 7.17. The summed E-state index contributed by atoms with van der Waals surface area (Å²) >= 11 is 0. The monoisotopic (exact) mass is 350 g/mol. The smallest absolute Gasteiger partial charge is 0.324 e. The number of esters is 1. The van der Waals surface area contributed by atoms with Crippen molar-refractivity contribution in [3.63, 3.8) is 0 Å². The topological polar surface area (TPSA) is 89.7 Å². The van der Waals surface area contributed by atoms with Crippen LogP contribution in [0.4, 0.5) is 0 Å². The van der Waals surface area contributed by atoms with E-state index in [1.807, 2.05) is 18.2 Å². The Balaban J connectivity index is 2.53. The highest BCUT2D eigenvalue weighted by Crippen LogP contribution is 2.26. The molecule has 1 atom stereocenters. The van der Waals surface area contributed by atoms with Crippen molar-refractivity contribution in [1.29, 1.82) is 0 Å². The van der Waals surface area contributed by atoms with E-state index in [9.17, 15) is 13.2 Å². The van der Waals surface area contributed by atoms with Gasteiger partial charge in [-0.05, 0) is 25.3 Å². The van der Waals surface area contributed by atoms with Gasteiger partial charge in [0.25, 0.3) is 0 Å². The Labute approximate surface area is 142 Å². The third-order valence-corrected chi connectivity index (χ3v) is 5.77. The molecule has 1 unspecified atom stereocenters. The summed E-state index contributed by atoms with van der Waals surface area (Å²) in [5.41, 5.74) is 5.57. The van der Waals surface area contributed by atoms with Gasteiger partial charge in [0.05, 0.1) is 11.5 Å². The lowest BCUT2D eigenvalue weighted by Gasteiger charge is -2.27. The predicted octanol–water partition coefficient (Wildman–Crippen LogP) is 1.74. The highest BCUT2D eigenvalue weighted by Gasteiger charge is 2.34. The van der Waals surface area contributed by atoms with E-state index >= 15 is 0 Å². The Bertz CT molecular complexity index is 815. The number of fused-ring (bicyclic) bond motifs is 1. The summed E-state index contributed by atoms with van der Waals surface area (Å²) < 4.78 is 32.4. The first kappa shape index (κ1) is 18.4. The minimum atomic E-state index is -3.90. The number of nitrogens with two attached hydrogens (primary N) is 1. The fraction of sp³-hybridized carbons (Fsp3) is 0.353. The van der Waals surface area contributed by atoms with Crippen molar-refractivity contribution in [1.82, 2.24) is 4.31 Å². The second-order valence-electron chi connectivity index (χ2n) is 5.31. The quantitative estimate of drug-likeness (QED) is 0.768. The first-order valence-corrected chi connectivity index (χ1v) is 9.23. The van der Waals surface area contributed by atoms with Crippen LogP contribution in [0, 0.1) is 0 Å². The van der Waals surface area contributed by atoms with Crippen molar-refractivity contribution in [2.24, 2.45) is 5.73 Å². The highest BCUT2D eigenvalue weighted by molar-refractivity contribution is 7.89. The molecule has 0 aliphatic rings. The Morgan fingerprint density at radius 3 is 2.54 bits per heavy atom. The first-order valence-electron chi connectivity index (χ1n) is 7.79. The number of benzene rings is 2. The fourth-order valence-corrected chi connectivity index (χ4v) is 4.39. The summed E-state index contributed by atoms with van der Waals surface area (Å²) in [5.74, 6) is -0.588. The third kappa shape index (κ3) is 3.58. The van der Waals surface area contributed by atoms with Crippen LogP contribution in [-0.4, -0.2) is 44.4 Å². The number of rotatable bonds is 7. The summed E-state index contributed by atoms with van der Waals surface area (Å²) in [6.07, 6.45) is 0. The standard InChI is InChI=1S/C17H22N2O4S/c1-3-23-17(20)13(2)19(12-11-18)24(21,22)16-10-6-8-14-7-4-5-9-15(14)16/h4-10,13H,3,11-12,18H2,1-2H3. The van der Waals surface area contributed by atoms with Gasteiger partial charge in [0.2, 0.25) is 10.0 Å². The first-order chi connectivity index (χ1) is 11.4. The lowest BCUT2D eigenvalue weighted by Crippen LogP contribution is -2.46. The number of hydrogen-bond acceptors (Lipinski definition) is 5. The average molecular weight is 350 g/mol. The predicted molar refractivity (Wildman–Crippen MR) is 93.0 cm³/mol. The van der Waals surface area contributed by atoms with Gasteiger partial charge in [-0.25, -0.2) is 8.42 Å². The summed E-state index contributed by atoms with van der Waals surface area (Å²) in [6.45, 7) is 3.51. The van der Waals surface area contributed by atoms with E-state index < -0.39 is 22.0 Å². The van der Waals surface area contributed by atoms with Crippen LogP contribution in [0.5, 0.6) is 0 Å². The van der Waals surface area contributed by atoms with Gasteiger partial charge in [0.1, 0.15) is 6.04 Å². The Morgan fingerprint density at radius 2 is 1.88 bits per heavy atom.